The van der Waals surface area contributed by atoms with Crippen molar-refractivity contribution >= 4 is 6.21 Å². The number of para-hydroxylation sites is 1. The average Bonchev–Trinajstić information content (AvgIpc) is 2.47. The lowest BCUT2D eigenvalue weighted by molar-refractivity contribution is 0.305. The van der Waals surface area contributed by atoms with Gasteiger partial charge >= 0.3 is 0 Å². The quantitative estimate of drug-likeness (QED) is 0.508. The van der Waals surface area contributed by atoms with Gasteiger partial charge in [0.05, 0.1) is 13.3 Å². The van der Waals surface area contributed by atoms with Gasteiger partial charge in [-0.1, -0.05) is 24.3 Å². The van der Waals surface area contributed by atoms with Crippen molar-refractivity contribution in [3.05, 3.63) is 59.7 Å². The molecular formula is C15H16N2O2. The van der Waals surface area contributed by atoms with E-state index in [0.717, 1.165) is 22.6 Å². The normalized spacial score (nSPS) is 10.6. The van der Waals surface area contributed by atoms with E-state index in [4.69, 9.17) is 15.3 Å². The maximum absolute atomic E-state index is 5.77. The molecule has 2 aromatic carbocycles. The van der Waals surface area contributed by atoms with Crippen LogP contribution in [0.4, 0.5) is 0 Å². The van der Waals surface area contributed by atoms with Crippen molar-refractivity contribution < 1.29 is 9.47 Å². The Kier molecular flexibility index (Phi) is 4.39. The molecule has 0 radical (unpaired) electrons. The molecule has 0 aliphatic rings. The fraction of sp³-hybridized carbons (Fsp3) is 0.133. The first kappa shape index (κ1) is 13.0. The largest absolute Gasteiger partial charge is 0.497 e. The van der Waals surface area contributed by atoms with Crippen LogP contribution < -0.4 is 15.3 Å². The first-order chi connectivity index (χ1) is 9.33. The van der Waals surface area contributed by atoms with E-state index < -0.39 is 0 Å². The average molecular weight is 256 g/mol. The monoisotopic (exact) mass is 256 g/mol. The molecule has 0 bridgehead atoms. The Labute approximate surface area is 112 Å². The Bertz CT molecular complexity index is 568. The second-order valence-corrected chi connectivity index (χ2v) is 3.96. The molecule has 4 heteroatoms. The van der Waals surface area contributed by atoms with Gasteiger partial charge in [0.15, 0.2) is 0 Å². The topological polar surface area (TPSA) is 56.8 Å². The van der Waals surface area contributed by atoms with Crippen LogP contribution in [0.15, 0.2) is 53.6 Å². The molecular weight excluding hydrogens is 240 g/mol. The van der Waals surface area contributed by atoms with Gasteiger partial charge in [-0.25, -0.2) is 0 Å². The van der Waals surface area contributed by atoms with E-state index in [2.05, 4.69) is 5.10 Å². The van der Waals surface area contributed by atoms with Crippen molar-refractivity contribution in [3.8, 4) is 11.5 Å². The molecule has 2 rings (SSSR count). The smallest absolute Gasteiger partial charge is 0.128 e. The number of methoxy groups -OCH3 is 1. The summed E-state index contributed by atoms with van der Waals surface area (Å²) >= 11 is 0. The first-order valence-electron chi connectivity index (χ1n) is 5.91. The van der Waals surface area contributed by atoms with Crippen molar-refractivity contribution in [1.82, 2.24) is 0 Å². The SMILES string of the molecule is COc1cccc(COc2ccccc2C=NN)c1. The van der Waals surface area contributed by atoms with Crippen molar-refractivity contribution in [2.24, 2.45) is 10.9 Å². The molecule has 0 saturated heterocycles. The van der Waals surface area contributed by atoms with Crippen LogP contribution >= 0.6 is 0 Å². The molecule has 0 aliphatic heterocycles. The summed E-state index contributed by atoms with van der Waals surface area (Å²) in [6.07, 6.45) is 1.57. The number of nitrogens with zero attached hydrogens (tertiary/aromatic N) is 1. The van der Waals surface area contributed by atoms with Gasteiger partial charge in [0.2, 0.25) is 0 Å². The molecule has 0 aliphatic carbocycles. The van der Waals surface area contributed by atoms with E-state index >= 15 is 0 Å². The Hall–Kier alpha value is -2.49. The fourth-order valence-electron chi connectivity index (χ4n) is 1.72. The fourth-order valence-corrected chi connectivity index (χ4v) is 1.72. The molecule has 0 atom stereocenters. The molecule has 0 aromatic heterocycles. The summed E-state index contributed by atoms with van der Waals surface area (Å²) in [5, 5.41) is 3.52. The van der Waals surface area contributed by atoms with Crippen molar-refractivity contribution in [2.75, 3.05) is 7.11 Å². The van der Waals surface area contributed by atoms with E-state index in [1.807, 2.05) is 48.5 Å². The van der Waals surface area contributed by atoms with Crippen LogP contribution in [0.3, 0.4) is 0 Å². The molecule has 2 N–H and O–H groups in total. The molecule has 0 unspecified atom stereocenters. The Balaban J connectivity index is 2.09. The molecule has 0 heterocycles. The highest BCUT2D eigenvalue weighted by Gasteiger charge is 2.02. The minimum Gasteiger partial charge on any atom is -0.497 e. The number of rotatable bonds is 5. The van der Waals surface area contributed by atoms with Crippen molar-refractivity contribution in [1.29, 1.82) is 0 Å². The summed E-state index contributed by atoms with van der Waals surface area (Å²) in [4.78, 5) is 0. The van der Waals surface area contributed by atoms with Crippen LogP contribution in [0, 0.1) is 0 Å². The third-order valence-corrected chi connectivity index (χ3v) is 2.66. The van der Waals surface area contributed by atoms with E-state index in [1.165, 1.54) is 0 Å². The van der Waals surface area contributed by atoms with Crippen LogP contribution in [0.5, 0.6) is 11.5 Å². The molecule has 0 fully saturated rings. The van der Waals surface area contributed by atoms with Crippen LogP contribution in [-0.2, 0) is 6.61 Å². The Morgan fingerprint density at radius 1 is 1.16 bits per heavy atom. The number of nitrogens with two attached hydrogens (primary N) is 1. The molecule has 19 heavy (non-hydrogen) atoms. The number of hydrazone groups is 1. The van der Waals surface area contributed by atoms with E-state index in [0.29, 0.717) is 6.61 Å². The van der Waals surface area contributed by atoms with Crippen molar-refractivity contribution in [2.45, 2.75) is 6.61 Å². The zero-order valence-corrected chi connectivity index (χ0v) is 10.7. The third-order valence-electron chi connectivity index (χ3n) is 2.66. The summed E-state index contributed by atoms with van der Waals surface area (Å²) in [6.45, 7) is 0.465. The van der Waals surface area contributed by atoms with Crippen molar-refractivity contribution in [3.63, 3.8) is 0 Å². The van der Waals surface area contributed by atoms with Gasteiger partial charge in [0, 0.05) is 5.56 Å². The maximum Gasteiger partial charge on any atom is 0.128 e. The number of ether oxygens (including phenoxy) is 2. The van der Waals surface area contributed by atoms with Gasteiger partial charge in [-0.15, -0.1) is 0 Å². The van der Waals surface area contributed by atoms with Crippen LogP contribution in [-0.4, -0.2) is 13.3 Å². The van der Waals surface area contributed by atoms with Gasteiger partial charge in [0.1, 0.15) is 18.1 Å². The minimum atomic E-state index is 0.465. The van der Waals surface area contributed by atoms with E-state index in [9.17, 15) is 0 Å². The van der Waals surface area contributed by atoms with Gasteiger partial charge < -0.3 is 15.3 Å². The van der Waals surface area contributed by atoms with E-state index in [1.54, 1.807) is 13.3 Å². The predicted molar refractivity (Wildman–Crippen MR) is 75.5 cm³/mol. The van der Waals surface area contributed by atoms with E-state index in [-0.39, 0.29) is 0 Å². The lowest BCUT2D eigenvalue weighted by Gasteiger charge is -2.09. The zero-order valence-electron chi connectivity index (χ0n) is 10.7. The number of hydrogen-bond donors (Lipinski definition) is 1. The summed E-state index contributed by atoms with van der Waals surface area (Å²) < 4.78 is 10.9. The highest BCUT2D eigenvalue weighted by Crippen LogP contribution is 2.19. The van der Waals surface area contributed by atoms with Crippen LogP contribution in [0.25, 0.3) is 0 Å². The lowest BCUT2D eigenvalue weighted by atomic mass is 10.2. The molecule has 0 saturated carbocycles. The minimum absolute atomic E-state index is 0.465. The summed E-state index contributed by atoms with van der Waals surface area (Å²) in [7, 11) is 1.65. The standard InChI is InChI=1S/C15H16N2O2/c1-18-14-7-4-5-12(9-14)11-19-15-8-3-2-6-13(15)10-17-16/h2-10H,11,16H2,1H3. The van der Waals surface area contributed by atoms with Gasteiger partial charge in [-0.05, 0) is 29.8 Å². The van der Waals surface area contributed by atoms with Gasteiger partial charge in [-0.2, -0.15) is 5.10 Å². The number of benzene rings is 2. The molecule has 4 nitrogen and oxygen atoms in total. The van der Waals surface area contributed by atoms with Gasteiger partial charge in [0.25, 0.3) is 0 Å². The predicted octanol–water partition coefficient (Wildman–Crippen LogP) is 2.57. The molecule has 2 aromatic rings. The zero-order chi connectivity index (χ0) is 13.5. The summed E-state index contributed by atoms with van der Waals surface area (Å²) in [5.74, 6) is 6.74. The summed E-state index contributed by atoms with van der Waals surface area (Å²) in [5.41, 5.74) is 1.90. The highest BCUT2D eigenvalue weighted by molar-refractivity contribution is 5.83. The summed E-state index contributed by atoms with van der Waals surface area (Å²) in [6, 6.07) is 15.4. The second-order valence-electron chi connectivity index (χ2n) is 3.96. The highest BCUT2D eigenvalue weighted by atomic mass is 16.5. The number of hydrogen-bond acceptors (Lipinski definition) is 4. The molecule has 0 spiro atoms. The second kappa shape index (κ2) is 6.44. The molecule has 98 valence electrons. The third kappa shape index (κ3) is 3.48. The lowest BCUT2D eigenvalue weighted by Crippen LogP contribution is -1.99. The van der Waals surface area contributed by atoms with Crippen LogP contribution in [0.2, 0.25) is 0 Å². The van der Waals surface area contributed by atoms with Gasteiger partial charge in [-0.3, -0.25) is 0 Å². The maximum atomic E-state index is 5.77. The Morgan fingerprint density at radius 3 is 2.79 bits per heavy atom. The van der Waals surface area contributed by atoms with Crippen LogP contribution in [0.1, 0.15) is 11.1 Å². The Morgan fingerprint density at radius 2 is 2.00 bits per heavy atom. The first-order valence-corrected chi connectivity index (χ1v) is 5.91. The molecule has 0 amide bonds.